The van der Waals surface area contributed by atoms with E-state index in [1.54, 1.807) is 33.3 Å². The van der Waals surface area contributed by atoms with E-state index in [-0.39, 0.29) is 0 Å². The van der Waals surface area contributed by atoms with Gasteiger partial charge in [0.25, 0.3) is 0 Å². The van der Waals surface area contributed by atoms with Crippen LogP contribution in [-0.2, 0) is 15.3 Å². The molecule has 2 rings (SSSR count). The van der Waals surface area contributed by atoms with Crippen LogP contribution in [0.4, 0.5) is 0 Å². The second-order valence-electron chi connectivity index (χ2n) is 4.14. The number of benzene rings is 1. The van der Waals surface area contributed by atoms with Gasteiger partial charge in [-0.15, -0.1) is 11.6 Å². The summed E-state index contributed by atoms with van der Waals surface area (Å²) in [6.07, 6.45) is 0. The highest BCUT2D eigenvalue weighted by atomic mass is 35.5. The molecule has 1 heterocycles. The third-order valence-corrected chi connectivity index (χ3v) is 4.47. The average molecular weight is 304 g/mol. The van der Waals surface area contributed by atoms with Gasteiger partial charge in [-0.3, -0.25) is 0 Å². The van der Waals surface area contributed by atoms with Crippen LogP contribution in [0, 0.1) is 0 Å². The second kappa shape index (κ2) is 6.33. The van der Waals surface area contributed by atoms with Crippen molar-refractivity contribution in [1.82, 2.24) is 4.31 Å². The summed E-state index contributed by atoms with van der Waals surface area (Å²) < 4.78 is 18.9. The fourth-order valence-electron chi connectivity index (χ4n) is 2.25. The Labute approximate surface area is 123 Å². The Morgan fingerprint density at radius 3 is 2.63 bits per heavy atom. The van der Waals surface area contributed by atoms with Crippen LogP contribution >= 0.6 is 23.5 Å². The van der Waals surface area contributed by atoms with E-state index in [4.69, 9.17) is 25.8 Å². The summed E-state index contributed by atoms with van der Waals surface area (Å²) in [5.74, 6) is 0.522. The van der Waals surface area contributed by atoms with Crippen LogP contribution < -0.4 is 4.74 Å². The molecule has 0 radical (unpaired) electrons. The molecule has 0 aliphatic carbocycles. The minimum atomic E-state index is -0.820. The standard InChI is InChI=1S/C13H18ClNO3S/c1-16-10-5-4-6-11-12(10)13(17-2,18-3)9-15(19-11)8-7-14/h4-6H,7-9H2,1-3H3. The number of alkyl halides is 1. The Morgan fingerprint density at radius 2 is 2.05 bits per heavy atom. The lowest BCUT2D eigenvalue weighted by molar-refractivity contribution is -0.223. The first-order valence-electron chi connectivity index (χ1n) is 5.97. The topological polar surface area (TPSA) is 30.9 Å². The van der Waals surface area contributed by atoms with Crippen LogP contribution in [0.2, 0.25) is 0 Å². The summed E-state index contributed by atoms with van der Waals surface area (Å²) in [4.78, 5) is 1.07. The van der Waals surface area contributed by atoms with Crippen molar-refractivity contribution in [2.45, 2.75) is 10.7 Å². The van der Waals surface area contributed by atoms with Gasteiger partial charge in [-0.05, 0) is 24.1 Å². The van der Waals surface area contributed by atoms with Gasteiger partial charge < -0.3 is 14.2 Å². The maximum absolute atomic E-state index is 5.84. The predicted octanol–water partition coefficient (Wildman–Crippen LogP) is 2.70. The molecule has 0 saturated carbocycles. The minimum Gasteiger partial charge on any atom is -0.496 e. The van der Waals surface area contributed by atoms with E-state index in [1.165, 1.54) is 0 Å². The first-order chi connectivity index (χ1) is 9.20. The Hall–Kier alpha value is -0.460. The Bertz CT molecular complexity index is 440. The average Bonchev–Trinajstić information content (AvgIpc) is 2.46. The van der Waals surface area contributed by atoms with Gasteiger partial charge >= 0.3 is 0 Å². The van der Waals surface area contributed by atoms with Crippen LogP contribution in [0.25, 0.3) is 0 Å². The number of rotatable bonds is 5. The van der Waals surface area contributed by atoms with Crippen molar-refractivity contribution >= 4 is 23.5 Å². The Balaban J connectivity index is 2.50. The summed E-state index contributed by atoms with van der Waals surface area (Å²) in [5, 5.41) is 0. The fraction of sp³-hybridized carbons (Fsp3) is 0.538. The maximum atomic E-state index is 5.84. The molecule has 0 unspecified atom stereocenters. The number of hydrogen-bond acceptors (Lipinski definition) is 5. The van der Waals surface area contributed by atoms with Crippen LogP contribution in [0.1, 0.15) is 5.56 Å². The van der Waals surface area contributed by atoms with Crippen molar-refractivity contribution in [1.29, 1.82) is 0 Å². The molecule has 0 N–H and O–H groups in total. The second-order valence-corrected chi connectivity index (χ2v) is 5.66. The zero-order chi connectivity index (χ0) is 13.9. The van der Waals surface area contributed by atoms with E-state index in [1.807, 2.05) is 18.2 Å². The fourth-order valence-corrected chi connectivity index (χ4v) is 3.74. The number of fused-ring (bicyclic) bond motifs is 1. The van der Waals surface area contributed by atoms with Crippen molar-refractivity contribution in [3.8, 4) is 5.75 Å². The molecule has 1 aliphatic heterocycles. The van der Waals surface area contributed by atoms with Gasteiger partial charge in [0, 0.05) is 31.5 Å². The number of hydrogen-bond donors (Lipinski definition) is 0. The Kier molecular flexibility index (Phi) is 4.97. The van der Waals surface area contributed by atoms with Crippen LogP contribution in [0.3, 0.4) is 0 Å². The van der Waals surface area contributed by atoms with Gasteiger partial charge in [0.05, 0.1) is 19.2 Å². The summed E-state index contributed by atoms with van der Waals surface area (Å²) in [7, 11) is 4.95. The van der Waals surface area contributed by atoms with Crippen LogP contribution in [0.5, 0.6) is 5.75 Å². The van der Waals surface area contributed by atoms with Crippen molar-refractivity contribution < 1.29 is 14.2 Å². The molecule has 0 bridgehead atoms. The highest BCUT2D eigenvalue weighted by Crippen LogP contribution is 2.46. The van der Waals surface area contributed by atoms with Gasteiger partial charge in [-0.25, -0.2) is 4.31 Å². The van der Waals surface area contributed by atoms with Gasteiger partial charge in [0.1, 0.15) is 5.75 Å². The Morgan fingerprint density at radius 1 is 1.32 bits per heavy atom. The SMILES string of the molecule is COc1cccc2c1C(OC)(OC)CN(CCCl)S2. The molecule has 0 aromatic heterocycles. The smallest absolute Gasteiger partial charge is 0.213 e. The lowest BCUT2D eigenvalue weighted by Gasteiger charge is -2.41. The zero-order valence-corrected chi connectivity index (χ0v) is 12.9. The third kappa shape index (κ3) is 2.71. The van der Waals surface area contributed by atoms with Crippen molar-refractivity contribution in [2.24, 2.45) is 0 Å². The first-order valence-corrected chi connectivity index (χ1v) is 7.28. The summed E-state index contributed by atoms with van der Waals surface area (Å²) in [6, 6.07) is 5.92. The molecular formula is C13H18ClNO3S. The van der Waals surface area contributed by atoms with Crippen molar-refractivity contribution in [3.05, 3.63) is 23.8 Å². The molecule has 0 saturated heterocycles. The maximum Gasteiger partial charge on any atom is 0.213 e. The highest BCUT2D eigenvalue weighted by Gasteiger charge is 2.43. The lowest BCUT2D eigenvalue weighted by atomic mass is 10.0. The molecule has 1 aliphatic rings. The predicted molar refractivity (Wildman–Crippen MR) is 76.8 cm³/mol. The van der Waals surface area contributed by atoms with Crippen LogP contribution in [0.15, 0.2) is 23.1 Å². The highest BCUT2D eigenvalue weighted by molar-refractivity contribution is 7.97. The summed E-state index contributed by atoms with van der Waals surface area (Å²) in [5.41, 5.74) is 0.943. The molecule has 0 fully saturated rings. The molecule has 1 aromatic rings. The van der Waals surface area contributed by atoms with E-state index in [0.29, 0.717) is 12.4 Å². The van der Waals surface area contributed by atoms with E-state index >= 15 is 0 Å². The molecular weight excluding hydrogens is 286 g/mol. The van der Waals surface area contributed by atoms with E-state index in [2.05, 4.69) is 4.31 Å². The van der Waals surface area contributed by atoms with Crippen molar-refractivity contribution in [2.75, 3.05) is 40.3 Å². The number of methoxy groups -OCH3 is 3. The lowest BCUT2D eigenvalue weighted by Crippen LogP contribution is -2.45. The molecule has 1 aromatic carbocycles. The zero-order valence-electron chi connectivity index (χ0n) is 11.3. The van der Waals surface area contributed by atoms with Crippen molar-refractivity contribution in [3.63, 3.8) is 0 Å². The molecule has 0 atom stereocenters. The molecule has 4 nitrogen and oxygen atoms in total. The first kappa shape index (κ1) is 14.9. The van der Waals surface area contributed by atoms with Crippen LogP contribution in [-0.4, -0.2) is 44.6 Å². The normalized spacial score (nSPS) is 18.1. The largest absolute Gasteiger partial charge is 0.496 e. The summed E-state index contributed by atoms with van der Waals surface area (Å²) >= 11 is 7.49. The summed E-state index contributed by atoms with van der Waals surface area (Å²) in [6.45, 7) is 1.36. The quantitative estimate of drug-likeness (QED) is 0.474. The van der Waals surface area contributed by atoms with Gasteiger partial charge in [0.2, 0.25) is 5.79 Å². The number of ether oxygens (including phenoxy) is 3. The molecule has 0 spiro atoms. The molecule has 0 amide bonds. The molecule has 19 heavy (non-hydrogen) atoms. The number of halogens is 1. The number of nitrogens with zero attached hydrogens (tertiary/aromatic N) is 1. The van der Waals surface area contributed by atoms with Gasteiger partial charge in [0.15, 0.2) is 0 Å². The van der Waals surface area contributed by atoms with E-state index < -0.39 is 5.79 Å². The van der Waals surface area contributed by atoms with E-state index in [0.717, 1.165) is 22.8 Å². The molecule has 6 heteroatoms. The van der Waals surface area contributed by atoms with Gasteiger partial charge in [-0.2, -0.15) is 0 Å². The van der Waals surface area contributed by atoms with E-state index in [9.17, 15) is 0 Å². The third-order valence-electron chi connectivity index (χ3n) is 3.19. The minimum absolute atomic E-state index is 0.565. The molecule has 106 valence electrons. The monoisotopic (exact) mass is 303 g/mol. The van der Waals surface area contributed by atoms with Gasteiger partial charge in [-0.1, -0.05) is 6.07 Å².